The number of rotatable bonds is 10. The van der Waals surface area contributed by atoms with Crippen LogP contribution in [0.5, 0.6) is 23.0 Å². The van der Waals surface area contributed by atoms with E-state index in [1.54, 1.807) is 133 Å². The van der Waals surface area contributed by atoms with Crippen LogP contribution in [0.2, 0.25) is 0 Å². The van der Waals surface area contributed by atoms with Crippen LogP contribution in [0.25, 0.3) is 77.8 Å². The van der Waals surface area contributed by atoms with Crippen LogP contribution < -0.4 is 36.7 Å². The van der Waals surface area contributed by atoms with Crippen LogP contribution in [0, 0.1) is 23.8 Å². The number of ether oxygens (including phenoxy) is 4. The lowest BCUT2D eigenvalue weighted by molar-refractivity contribution is -0.154. The highest BCUT2D eigenvalue weighted by atomic mass is 79.9. The fourth-order valence-corrected chi connectivity index (χ4v) is 8.27. The maximum atomic E-state index is 14.5. The summed E-state index contributed by atoms with van der Waals surface area (Å²) in [6.07, 6.45) is -0.0915. The number of carbonyl (C=O) groups excluding carboxylic acids is 1. The lowest BCUT2D eigenvalue weighted by atomic mass is 9.88. The van der Waals surface area contributed by atoms with E-state index in [-0.39, 0.29) is 57.7 Å². The number of phenolic OH excluding ortho intramolecular Hbond substituents is 1. The van der Waals surface area contributed by atoms with Gasteiger partial charge in [0.1, 0.15) is 91.3 Å². The molecule has 0 unspecified atom stereocenters. The van der Waals surface area contributed by atoms with Gasteiger partial charge in [-0.1, -0.05) is 0 Å². The van der Waals surface area contributed by atoms with Gasteiger partial charge < -0.3 is 68.6 Å². The Morgan fingerprint density at radius 1 is 0.575 bits per heavy atom. The number of aromatic hydroxyl groups is 1. The summed E-state index contributed by atoms with van der Waals surface area (Å²) in [6, 6.07) is 39.1. The summed E-state index contributed by atoms with van der Waals surface area (Å²) in [7, 11) is 3.16. The van der Waals surface area contributed by atoms with Crippen molar-refractivity contribution in [3.8, 4) is 57.0 Å². The van der Waals surface area contributed by atoms with Crippen molar-refractivity contribution in [2.45, 2.75) is 32.8 Å². The molecule has 8 heterocycles. The van der Waals surface area contributed by atoms with E-state index in [0.717, 1.165) is 21.9 Å². The average Bonchev–Trinajstić information content (AvgIpc) is 1.86. The van der Waals surface area contributed by atoms with Crippen LogP contribution in [0.1, 0.15) is 30.6 Å². The molecule has 0 saturated carbocycles. The Morgan fingerprint density at radius 3 is 1.46 bits per heavy atom. The van der Waals surface area contributed by atoms with Crippen LogP contribution >= 0.6 is 15.9 Å². The first-order chi connectivity index (χ1) is 42.6. The number of furan rings is 4. The third-order valence-electron chi connectivity index (χ3n) is 12.1. The maximum Gasteiger partial charge on any atom is 0.526 e. The molecule has 0 amide bonds. The summed E-state index contributed by atoms with van der Waals surface area (Å²) < 4.78 is 119. The van der Waals surface area contributed by atoms with E-state index >= 15 is 0 Å². The summed E-state index contributed by atoms with van der Waals surface area (Å²) in [5.74, 6) is 0.231. The number of aromatic nitrogens is 4. The van der Waals surface area contributed by atoms with E-state index in [4.69, 9.17) is 62.2 Å². The topological polar surface area (TPSA) is 283 Å². The van der Waals surface area contributed by atoms with Gasteiger partial charge in [0, 0.05) is 32.6 Å². The highest BCUT2D eigenvalue weighted by Crippen LogP contribution is 2.35. The van der Waals surface area contributed by atoms with Gasteiger partial charge >= 0.3 is 13.1 Å². The van der Waals surface area contributed by atoms with Crippen LogP contribution in [0.15, 0.2) is 168 Å². The molecule has 25 heteroatoms. The van der Waals surface area contributed by atoms with Crippen molar-refractivity contribution in [3.05, 3.63) is 180 Å². The molecule has 0 aliphatic carbocycles. The monoisotopic (exact) mass is 1260 g/mol. The minimum absolute atomic E-state index is 0.0793. The molecule has 0 atom stereocenters. The number of nitrogen functional groups attached to an aromatic ring is 2. The molecule has 0 bridgehead atoms. The Balaban J connectivity index is 0.000000150. The zero-order valence-corrected chi connectivity index (χ0v) is 48.6. The van der Waals surface area contributed by atoms with Crippen LogP contribution in [-0.4, -0.2) is 82.1 Å². The van der Waals surface area contributed by atoms with E-state index in [9.17, 15) is 27.5 Å². The summed E-state index contributed by atoms with van der Waals surface area (Å²) in [5, 5.41) is 32.4. The van der Waals surface area contributed by atoms with Crippen molar-refractivity contribution in [2.75, 3.05) is 45.1 Å². The predicted molar refractivity (Wildman–Crippen MR) is 325 cm³/mol. The lowest BCUT2D eigenvalue weighted by Gasteiger charge is -2.19. The Labute approximate surface area is 506 Å². The van der Waals surface area contributed by atoms with Gasteiger partial charge in [0.15, 0.2) is 0 Å². The largest absolute Gasteiger partial charge is 0.526 e. The molecule has 0 radical (unpaired) electrons. The normalized spacial score (nSPS) is 11.5. The molecule has 8 N–H and O–H groups in total. The smallest absolute Gasteiger partial charge is 0.508 e. The van der Waals surface area contributed by atoms with Gasteiger partial charge in [-0.15, -0.1) is 0 Å². The van der Waals surface area contributed by atoms with Crippen LogP contribution in [0.4, 0.5) is 35.0 Å². The third-order valence-corrected chi connectivity index (χ3v) is 12.7. The van der Waals surface area contributed by atoms with Crippen molar-refractivity contribution in [2.24, 2.45) is 0 Å². The number of carbonyl (C=O) groups is 1. The SMILES string of the molecule is COc1ccc2oc(-c3ccc(CC(=O)OC(C)(C)C)nc3F)cc2c1.COc1ccc2oc(-c3ccc(N)nc3F)cc2c1.COc1ccc2oc(B(O)O)cc2c1.Nc1ccc(Br)c(F)n1.[2H]C([2H])([2H])Nc1ccc(-c2cc3cc(O)ccc3o2)c(F)n1. The number of benzene rings is 4. The maximum absolute atomic E-state index is 14.5. The molecule has 12 aromatic rings. The van der Waals surface area contributed by atoms with Crippen molar-refractivity contribution in [3.63, 3.8) is 0 Å². The molecule has 0 spiro atoms. The minimum Gasteiger partial charge on any atom is -0.508 e. The molecule has 0 saturated heterocycles. The highest BCUT2D eigenvalue weighted by Gasteiger charge is 2.21. The fraction of sp³-hybridized carbons (Fsp3) is 0.145. The highest BCUT2D eigenvalue weighted by molar-refractivity contribution is 9.10. The number of pyridine rings is 4. The van der Waals surface area contributed by atoms with Gasteiger partial charge in [0.25, 0.3) is 0 Å². The summed E-state index contributed by atoms with van der Waals surface area (Å²) in [5.41, 5.74) is 13.4. The number of nitrogens with one attached hydrogen (secondary N) is 1. The quantitative estimate of drug-likeness (QED) is 0.0321. The van der Waals surface area contributed by atoms with E-state index in [1.807, 2.05) is 12.1 Å². The van der Waals surface area contributed by atoms with Gasteiger partial charge in [-0.2, -0.15) is 17.6 Å². The van der Waals surface area contributed by atoms with Gasteiger partial charge in [0.2, 0.25) is 23.8 Å². The molecule has 12 rings (SSSR count). The summed E-state index contributed by atoms with van der Waals surface area (Å²) in [6.45, 7) is 2.88. The Hall–Kier alpha value is -10.1. The predicted octanol–water partition coefficient (Wildman–Crippen LogP) is 12.8. The number of fused-ring (bicyclic) bond motifs is 4. The minimum atomic E-state index is -2.45. The number of anilines is 3. The average molecular weight is 1260 g/mol. The van der Waals surface area contributed by atoms with E-state index in [0.29, 0.717) is 60.9 Å². The lowest BCUT2D eigenvalue weighted by Crippen LogP contribution is -2.27. The van der Waals surface area contributed by atoms with Gasteiger partial charge in [-0.25, -0.2) is 19.9 Å². The van der Waals surface area contributed by atoms with Crippen molar-refractivity contribution >= 4 is 96.0 Å². The van der Waals surface area contributed by atoms with Crippen LogP contribution in [-0.2, 0) is 16.0 Å². The van der Waals surface area contributed by atoms with E-state index in [2.05, 4.69) is 41.2 Å². The number of nitrogens with zero attached hydrogens (tertiary/aromatic N) is 4. The molecule has 8 aromatic heterocycles. The standard InChI is InChI=1S/C20H20FNO4.2C14H11FN2O2.C9H9BO4.C5H4BrFN2/c1-20(2,3)26-18(23)11-13-5-7-15(19(21)22-13)17-10-12-9-14(24-4)6-8-16(12)25-17;1-18-9-2-4-11-8(6-9)7-12(19-11)10-3-5-13(16)17-14(10)15;1-16-13-5-3-10(14(15)17-13)12-7-8-6-9(18)2-4-11(8)19-12;1-13-7-2-3-8-6(4-7)5-9(14-8)10(11)12;6-3-1-2-4(8)9-5(3)7/h5-10H,11H2,1-4H3;2-7H,1H3,(H2,16,17);2-7,18H,1H3,(H,16,17);2-5,11-12H,1H3;1-2H,(H2,8,9)/i;;1D3;;. The van der Waals surface area contributed by atoms with Gasteiger partial charge in [0.05, 0.1) is 54.6 Å². The van der Waals surface area contributed by atoms with Gasteiger partial charge in [-0.3, -0.25) is 4.79 Å². The number of halogens is 5. The first-order valence-corrected chi connectivity index (χ1v) is 26.6. The molecule has 0 aliphatic rings. The third kappa shape index (κ3) is 16.4. The Bertz CT molecular complexity index is 4500. The van der Waals surface area contributed by atoms with Crippen LogP contribution in [0.3, 0.4) is 0 Å². The first-order valence-electron chi connectivity index (χ1n) is 27.3. The van der Waals surface area contributed by atoms with Crippen molar-refractivity contribution < 1.29 is 78.2 Å². The number of nitrogens with two attached hydrogens (primary N) is 2. The molecule has 4 aromatic carbocycles. The number of hydrogen-bond acceptors (Lipinski definition) is 19. The molecular formula is C62H55BBrF4N7O12. The second kappa shape index (κ2) is 27.7. The zero-order chi connectivity index (χ0) is 65.2. The summed E-state index contributed by atoms with van der Waals surface area (Å²) in [4.78, 5) is 26.2. The molecule has 87 heavy (non-hydrogen) atoms. The second-order valence-electron chi connectivity index (χ2n) is 19.4. The molecule has 19 nitrogen and oxygen atoms in total. The Kier molecular flexibility index (Phi) is 18.7. The first kappa shape index (κ1) is 58.7. The second-order valence-corrected chi connectivity index (χ2v) is 20.3. The number of esters is 1. The van der Waals surface area contributed by atoms with E-state index in [1.165, 1.54) is 42.5 Å². The number of phenols is 1. The van der Waals surface area contributed by atoms with E-state index < -0.39 is 49.5 Å². The van der Waals surface area contributed by atoms with Gasteiger partial charge in [-0.05, 0) is 182 Å². The summed E-state index contributed by atoms with van der Waals surface area (Å²) >= 11 is 2.94. The molecule has 0 fully saturated rings. The molecule has 448 valence electrons. The molecule has 0 aliphatic heterocycles. The number of hydrogen-bond donors (Lipinski definition) is 6. The van der Waals surface area contributed by atoms with Crippen molar-refractivity contribution in [1.82, 2.24) is 19.9 Å². The Morgan fingerprint density at radius 2 is 1.01 bits per heavy atom. The molecular weight excluding hydrogens is 1200 g/mol. The zero-order valence-electron chi connectivity index (χ0n) is 50.0. The van der Waals surface area contributed by atoms with Crippen molar-refractivity contribution in [1.29, 1.82) is 0 Å². The number of methoxy groups -OCH3 is 3. The fourth-order valence-electron chi connectivity index (χ4n) is 8.05.